The van der Waals surface area contributed by atoms with Gasteiger partial charge in [0, 0.05) is 30.0 Å². The van der Waals surface area contributed by atoms with Crippen LogP contribution in [-0.2, 0) is 16.0 Å². The largest absolute Gasteiger partial charge is 0.390 e. The molecule has 1 amide bonds. The summed E-state index contributed by atoms with van der Waals surface area (Å²) in [4.78, 5) is 12.1. The smallest absolute Gasteiger partial charge is 0.225 e. The van der Waals surface area contributed by atoms with Crippen molar-refractivity contribution in [2.24, 2.45) is 5.41 Å². The lowest BCUT2D eigenvalue weighted by Crippen LogP contribution is -2.48. The van der Waals surface area contributed by atoms with E-state index in [0.717, 1.165) is 23.4 Å². The molecule has 146 valence electrons. The van der Waals surface area contributed by atoms with Gasteiger partial charge in [-0.05, 0) is 12.8 Å². The summed E-state index contributed by atoms with van der Waals surface area (Å²) in [6.45, 7) is 5.89. The summed E-state index contributed by atoms with van der Waals surface area (Å²) in [5, 5.41) is 17.2. The molecule has 1 aromatic heterocycles. The topological polar surface area (TPSA) is 84.6 Å². The Morgan fingerprint density at radius 1 is 1.26 bits per heavy atom. The quantitative estimate of drug-likeness (QED) is 0.843. The van der Waals surface area contributed by atoms with Crippen LogP contribution < -0.4 is 5.32 Å². The highest BCUT2D eigenvalue weighted by Crippen LogP contribution is 2.25. The maximum Gasteiger partial charge on any atom is 0.225 e. The zero-order valence-corrected chi connectivity index (χ0v) is 16.1. The molecule has 1 fully saturated rings. The van der Waals surface area contributed by atoms with Crippen molar-refractivity contribution in [2.45, 2.75) is 58.3 Å². The van der Waals surface area contributed by atoms with Gasteiger partial charge in [0.1, 0.15) is 6.10 Å². The van der Waals surface area contributed by atoms with Gasteiger partial charge in [0.25, 0.3) is 0 Å². The predicted molar refractivity (Wildman–Crippen MR) is 102 cm³/mol. The number of aromatic nitrogens is 1. The number of amides is 1. The number of rotatable bonds is 5. The second-order valence-electron chi connectivity index (χ2n) is 8.15. The lowest BCUT2D eigenvalue weighted by atomic mass is 9.95. The van der Waals surface area contributed by atoms with Crippen LogP contribution >= 0.6 is 0 Å². The number of hydrogen-bond donors (Lipinski definition) is 2. The van der Waals surface area contributed by atoms with Gasteiger partial charge in [-0.3, -0.25) is 4.79 Å². The van der Waals surface area contributed by atoms with E-state index in [1.807, 2.05) is 57.2 Å². The third-order valence-corrected chi connectivity index (χ3v) is 4.78. The Labute approximate surface area is 159 Å². The molecule has 0 saturated carbocycles. The van der Waals surface area contributed by atoms with Crippen LogP contribution in [0.1, 0.15) is 39.3 Å². The molecule has 1 aromatic carbocycles. The molecule has 6 nitrogen and oxygen atoms in total. The number of nitrogens with zero attached hydrogens (tertiary/aromatic N) is 1. The van der Waals surface area contributed by atoms with Gasteiger partial charge < -0.3 is 19.7 Å². The highest BCUT2D eigenvalue weighted by atomic mass is 16.5. The molecule has 6 heteroatoms. The highest BCUT2D eigenvalue weighted by Gasteiger charge is 2.32. The number of benzene rings is 1. The van der Waals surface area contributed by atoms with Gasteiger partial charge in [-0.25, -0.2) is 0 Å². The number of carbonyl (C=O) groups excluding carboxylic acids is 1. The summed E-state index contributed by atoms with van der Waals surface area (Å²) in [5.41, 5.74) is 1.35. The number of carbonyl (C=O) groups is 1. The Morgan fingerprint density at radius 3 is 2.70 bits per heavy atom. The Kier molecular flexibility index (Phi) is 5.97. The van der Waals surface area contributed by atoms with Crippen LogP contribution in [0.2, 0.25) is 0 Å². The van der Waals surface area contributed by atoms with Gasteiger partial charge in [0.15, 0.2) is 5.76 Å². The zero-order valence-electron chi connectivity index (χ0n) is 16.1. The Hall–Kier alpha value is -2.18. The third-order valence-electron chi connectivity index (χ3n) is 4.78. The van der Waals surface area contributed by atoms with Crippen LogP contribution in [0.15, 0.2) is 40.9 Å². The van der Waals surface area contributed by atoms with Crippen molar-refractivity contribution in [3.63, 3.8) is 0 Å². The maximum atomic E-state index is 12.1. The molecule has 1 aliphatic rings. The summed E-state index contributed by atoms with van der Waals surface area (Å²) < 4.78 is 11.5. The van der Waals surface area contributed by atoms with Gasteiger partial charge in [0.05, 0.1) is 17.9 Å². The van der Waals surface area contributed by atoms with Gasteiger partial charge in [-0.15, -0.1) is 0 Å². The molecule has 0 aliphatic carbocycles. The molecule has 2 aromatic rings. The number of nitrogens with one attached hydrogen (secondary N) is 1. The van der Waals surface area contributed by atoms with Gasteiger partial charge in [-0.2, -0.15) is 0 Å². The Balaban J connectivity index is 1.57. The van der Waals surface area contributed by atoms with E-state index in [2.05, 4.69) is 10.5 Å². The van der Waals surface area contributed by atoms with Crippen LogP contribution in [0.4, 0.5) is 0 Å². The molecular formula is C21H28N2O4. The first kappa shape index (κ1) is 19.6. The lowest BCUT2D eigenvalue weighted by molar-refractivity contribution is -0.134. The van der Waals surface area contributed by atoms with Crippen LogP contribution in [-0.4, -0.2) is 41.0 Å². The normalized spacial score (nSPS) is 23.2. The summed E-state index contributed by atoms with van der Waals surface area (Å²) in [6.07, 6.45) is 0.975. The van der Waals surface area contributed by atoms with Crippen molar-refractivity contribution >= 4 is 5.91 Å². The molecular weight excluding hydrogens is 344 g/mol. The summed E-state index contributed by atoms with van der Waals surface area (Å²) in [6, 6.07) is 11.8. The van der Waals surface area contributed by atoms with E-state index in [4.69, 9.17) is 9.26 Å². The third kappa shape index (κ3) is 5.17. The average Bonchev–Trinajstić information content (AvgIpc) is 3.10. The first-order valence-corrected chi connectivity index (χ1v) is 9.46. The molecule has 0 bridgehead atoms. The fraction of sp³-hybridized carbons (Fsp3) is 0.524. The summed E-state index contributed by atoms with van der Waals surface area (Å²) in [5.74, 6) is 0.680. The number of aliphatic hydroxyl groups excluding tert-OH is 1. The van der Waals surface area contributed by atoms with E-state index in [-0.39, 0.29) is 12.0 Å². The molecule has 2 N–H and O–H groups in total. The summed E-state index contributed by atoms with van der Waals surface area (Å²) >= 11 is 0. The maximum absolute atomic E-state index is 12.1. The van der Waals surface area contributed by atoms with E-state index < -0.39 is 17.6 Å². The van der Waals surface area contributed by atoms with E-state index in [0.29, 0.717) is 19.4 Å². The van der Waals surface area contributed by atoms with Crippen molar-refractivity contribution in [2.75, 3.05) is 6.54 Å². The SMILES string of the molecule is CC(C)(C)C(=O)NCC1OC(Cc2cc(-c3ccccc3)on2)CCC1O. The van der Waals surface area contributed by atoms with Crippen LogP contribution in [0, 0.1) is 5.41 Å². The first-order chi connectivity index (χ1) is 12.8. The van der Waals surface area contributed by atoms with E-state index in [9.17, 15) is 9.90 Å². The number of hydrogen-bond acceptors (Lipinski definition) is 5. The minimum atomic E-state index is -0.571. The van der Waals surface area contributed by atoms with E-state index >= 15 is 0 Å². The number of aliphatic hydroxyl groups is 1. The monoisotopic (exact) mass is 372 g/mol. The van der Waals surface area contributed by atoms with Crippen molar-refractivity contribution < 1.29 is 19.2 Å². The highest BCUT2D eigenvalue weighted by molar-refractivity contribution is 5.81. The average molecular weight is 372 g/mol. The van der Waals surface area contributed by atoms with Gasteiger partial charge in [-0.1, -0.05) is 56.3 Å². The number of ether oxygens (including phenoxy) is 1. The molecule has 3 unspecified atom stereocenters. The second kappa shape index (κ2) is 8.23. The second-order valence-corrected chi connectivity index (χ2v) is 8.15. The molecule has 0 radical (unpaired) electrons. The molecule has 1 aliphatic heterocycles. The van der Waals surface area contributed by atoms with Crippen LogP contribution in [0.5, 0.6) is 0 Å². The molecule has 0 spiro atoms. The van der Waals surface area contributed by atoms with Gasteiger partial charge in [0.2, 0.25) is 5.91 Å². The Morgan fingerprint density at radius 2 is 2.00 bits per heavy atom. The van der Waals surface area contributed by atoms with Crippen LogP contribution in [0.25, 0.3) is 11.3 Å². The molecule has 2 heterocycles. The fourth-order valence-corrected chi connectivity index (χ4v) is 3.12. The lowest BCUT2D eigenvalue weighted by Gasteiger charge is -2.34. The summed E-state index contributed by atoms with van der Waals surface area (Å²) in [7, 11) is 0. The minimum absolute atomic E-state index is 0.0515. The van der Waals surface area contributed by atoms with Crippen molar-refractivity contribution in [1.29, 1.82) is 0 Å². The first-order valence-electron chi connectivity index (χ1n) is 9.46. The van der Waals surface area contributed by atoms with E-state index in [1.54, 1.807) is 0 Å². The standard InChI is InChI=1S/C21H28N2O4/c1-21(2,3)20(25)22-13-19-17(24)10-9-16(26-19)11-15-12-18(27-23-15)14-7-5-4-6-8-14/h4-8,12,16-17,19,24H,9-11,13H2,1-3H3,(H,22,25). The molecule has 27 heavy (non-hydrogen) atoms. The minimum Gasteiger partial charge on any atom is -0.390 e. The molecule has 3 rings (SSSR count). The van der Waals surface area contributed by atoms with Crippen molar-refractivity contribution in [3.05, 3.63) is 42.1 Å². The van der Waals surface area contributed by atoms with Gasteiger partial charge >= 0.3 is 0 Å². The Bertz CT molecular complexity index is 751. The zero-order chi connectivity index (χ0) is 19.4. The molecule has 3 atom stereocenters. The van der Waals surface area contributed by atoms with Crippen molar-refractivity contribution in [1.82, 2.24) is 10.5 Å². The van der Waals surface area contributed by atoms with E-state index in [1.165, 1.54) is 0 Å². The van der Waals surface area contributed by atoms with Crippen molar-refractivity contribution in [3.8, 4) is 11.3 Å². The predicted octanol–water partition coefficient (Wildman–Crippen LogP) is 2.95. The fourth-order valence-electron chi connectivity index (χ4n) is 3.12. The molecule has 1 saturated heterocycles. The van der Waals surface area contributed by atoms with Crippen LogP contribution in [0.3, 0.4) is 0 Å².